The highest BCUT2D eigenvalue weighted by Gasteiger charge is 2.19. The van der Waals surface area contributed by atoms with Crippen LogP contribution < -0.4 is 14.8 Å². The molecule has 0 aromatic heterocycles. The molecular weight excluding hydrogens is 318 g/mol. The van der Waals surface area contributed by atoms with Crippen molar-refractivity contribution in [2.75, 3.05) is 27.3 Å². The topological polar surface area (TPSA) is 30.5 Å². The van der Waals surface area contributed by atoms with Crippen LogP contribution >= 0.6 is 15.9 Å². The summed E-state index contributed by atoms with van der Waals surface area (Å²) >= 11 is 3.62. The number of methoxy groups -OCH3 is 2. The number of hydrogen-bond donors (Lipinski definition) is 1. The van der Waals surface area contributed by atoms with Crippen LogP contribution in [0.2, 0.25) is 0 Å². The third kappa shape index (κ3) is 4.98. The van der Waals surface area contributed by atoms with Gasteiger partial charge in [-0.1, -0.05) is 36.7 Å². The fraction of sp³-hybridized carbons (Fsp3) is 0.625. The quantitative estimate of drug-likeness (QED) is 0.772. The van der Waals surface area contributed by atoms with Crippen LogP contribution in [-0.2, 0) is 6.42 Å². The van der Waals surface area contributed by atoms with Crippen LogP contribution in [0.3, 0.4) is 0 Å². The lowest BCUT2D eigenvalue weighted by Crippen LogP contribution is -2.29. The Hall–Kier alpha value is -0.740. The number of hydrogen-bond acceptors (Lipinski definition) is 3. The zero-order chi connectivity index (χ0) is 15.2. The minimum absolute atomic E-state index is 0.264. The van der Waals surface area contributed by atoms with E-state index in [0.29, 0.717) is 0 Å². The number of benzene rings is 1. The molecule has 0 amide bonds. The van der Waals surface area contributed by atoms with Crippen LogP contribution in [0.25, 0.3) is 0 Å². The molecule has 1 N–H and O–H groups in total. The highest BCUT2D eigenvalue weighted by Crippen LogP contribution is 2.35. The summed E-state index contributed by atoms with van der Waals surface area (Å²) in [5, 5.41) is 3.42. The van der Waals surface area contributed by atoms with Crippen LogP contribution in [0.4, 0.5) is 0 Å². The van der Waals surface area contributed by atoms with Crippen molar-refractivity contribution in [2.45, 2.75) is 33.6 Å². The van der Waals surface area contributed by atoms with Gasteiger partial charge in [-0.15, -0.1) is 0 Å². The zero-order valence-corrected chi connectivity index (χ0v) is 14.8. The van der Waals surface area contributed by atoms with Gasteiger partial charge in [0.25, 0.3) is 0 Å². The molecule has 1 aromatic carbocycles. The van der Waals surface area contributed by atoms with Gasteiger partial charge in [0.2, 0.25) is 0 Å². The summed E-state index contributed by atoms with van der Waals surface area (Å²) in [5.74, 6) is 1.69. The molecule has 0 heterocycles. The summed E-state index contributed by atoms with van der Waals surface area (Å²) in [6.07, 6.45) is 2.08. The molecule has 0 aliphatic heterocycles. The van der Waals surface area contributed by atoms with Crippen molar-refractivity contribution in [1.29, 1.82) is 0 Å². The molecule has 114 valence electrons. The molecule has 3 nitrogen and oxygen atoms in total. The van der Waals surface area contributed by atoms with Crippen LogP contribution in [-0.4, -0.2) is 27.3 Å². The van der Waals surface area contributed by atoms with Gasteiger partial charge in [-0.3, -0.25) is 0 Å². The number of rotatable bonds is 8. The molecule has 20 heavy (non-hydrogen) atoms. The van der Waals surface area contributed by atoms with Gasteiger partial charge in [0, 0.05) is 22.6 Å². The van der Waals surface area contributed by atoms with E-state index < -0.39 is 0 Å². The molecule has 0 aliphatic rings. The molecule has 0 unspecified atom stereocenters. The van der Waals surface area contributed by atoms with Gasteiger partial charge in [-0.2, -0.15) is 0 Å². The molecule has 4 heteroatoms. The summed E-state index contributed by atoms with van der Waals surface area (Å²) in [6.45, 7) is 8.76. The molecular formula is C16H26BrNO2. The molecule has 0 spiro atoms. The Kier molecular flexibility index (Phi) is 6.83. The lowest BCUT2D eigenvalue weighted by atomic mass is 9.86. The van der Waals surface area contributed by atoms with Crippen molar-refractivity contribution in [1.82, 2.24) is 5.32 Å². The average Bonchev–Trinajstić information content (AvgIpc) is 2.43. The predicted molar refractivity (Wildman–Crippen MR) is 87.9 cm³/mol. The second-order valence-corrected chi connectivity index (χ2v) is 6.59. The number of ether oxygens (including phenoxy) is 2. The van der Waals surface area contributed by atoms with Crippen LogP contribution in [0, 0.1) is 5.41 Å². The van der Waals surface area contributed by atoms with Crippen LogP contribution in [0.1, 0.15) is 32.8 Å². The van der Waals surface area contributed by atoms with E-state index in [-0.39, 0.29) is 5.41 Å². The molecule has 0 fully saturated rings. The molecule has 0 saturated carbocycles. The second-order valence-electron chi connectivity index (χ2n) is 5.73. The third-order valence-corrected chi connectivity index (χ3v) is 4.20. The van der Waals surface area contributed by atoms with E-state index in [1.165, 1.54) is 5.56 Å². The van der Waals surface area contributed by atoms with E-state index in [4.69, 9.17) is 9.47 Å². The third-order valence-electron chi connectivity index (χ3n) is 3.49. The Labute approximate surface area is 131 Å². The Morgan fingerprint density at radius 2 is 1.90 bits per heavy atom. The van der Waals surface area contributed by atoms with Crippen LogP contribution in [0.5, 0.6) is 11.5 Å². The first-order valence-electron chi connectivity index (χ1n) is 7.04. The first-order chi connectivity index (χ1) is 9.43. The molecule has 0 aliphatic carbocycles. The van der Waals surface area contributed by atoms with E-state index in [0.717, 1.165) is 41.9 Å². The van der Waals surface area contributed by atoms with Crippen molar-refractivity contribution in [3.05, 3.63) is 22.2 Å². The fourth-order valence-electron chi connectivity index (χ4n) is 2.15. The zero-order valence-electron chi connectivity index (χ0n) is 13.2. The van der Waals surface area contributed by atoms with Gasteiger partial charge in [0.15, 0.2) is 0 Å². The van der Waals surface area contributed by atoms with Crippen molar-refractivity contribution < 1.29 is 9.47 Å². The largest absolute Gasteiger partial charge is 0.497 e. The van der Waals surface area contributed by atoms with Gasteiger partial charge in [0.1, 0.15) is 11.5 Å². The van der Waals surface area contributed by atoms with Crippen molar-refractivity contribution >= 4 is 15.9 Å². The van der Waals surface area contributed by atoms with E-state index >= 15 is 0 Å². The Morgan fingerprint density at radius 3 is 2.45 bits per heavy atom. The van der Waals surface area contributed by atoms with Gasteiger partial charge in [-0.25, -0.2) is 0 Å². The molecule has 0 saturated heterocycles. The molecule has 1 aromatic rings. The monoisotopic (exact) mass is 343 g/mol. The molecule has 0 radical (unpaired) electrons. The highest BCUT2D eigenvalue weighted by atomic mass is 79.9. The van der Waals surface area contributed by atoms with E-state index in [9.17, 15) is 0 Å². The van der Waals surface area contributed by atoms with E-state index in [2.05, 4.69) is 42.0 Å². The molecule has 0 atom stereocenters. The van der Waals surface area contributed by atoms with Gasteiger partial charge in [-0.05, 0) is 30.9 Å². The lowest BCUT2D eigenvalue weighted by Gasteiger charge is -2.25. The smallest absolute Gasteiger partial charge is 0.126 e. The van der Waals surface area contributed by atoms with Gasteiger partial charge < -0.3 is 14.8 Å². The highest BCUT2D eigenvalue weighted by molar-refractivity contribution is 9.10. The Morgan fingerprint density at radius 1 is 1.20 bits per heavy atom. The summed E-state index contributed by atoms with van der Waals surface area (Å²) in [4.78, 5) is 0. The maximum atomic E-state index is 5.49. The predicted octanol–water partition coefficient (Wildman–Crippen LogP) is 4.03. The second kappa shape index (κ2) is 7.89. The normalized spacial score (nSPS) is 11.5. The van der Waals surface area contributed by atoms with E-state index in [1.54, 1.807) is 14.2 Å². The maximum Gasteiger partial charge on any atom is 0.126 e. The first kappa shape index (κ1) is 17.3. The first-order valence-corrected chi connectivity index (χ1v) is 7.84. The SMILES string of the molecule is CCNCC(C)(C)CCc1c(Br)cc(OC)cc1OC. The number of halogens is 1. The standard InChI is InChI=1S/C16H26BrNO2/c1-6-18-11-16(2,3)8-7-13-14(17)9-12(19-4)10-15(13)20-5/h9-10,18H,6-8,11H2,1-5H3. The lowest BCUT2D eigenvalue weighted by molar-refractivity contribution is 0.314. The minimum atomic E-state index is 0.264. The van der Waals surface area contributed by atoms with Crippen molar-refractivity contribution in [2.24, 2.45) is 5.41 Å². The summed E-state index contributed by atoms with van der Waals surface area (Å²) < 4.78 is 11.8. The summed E-state index contributed by atoms with van der Waals surface area (Å²) in [6, 6.07) is 3.94. The molecule has 0 bridgehead atoms. The molecule has 1 rings (SSSR count). The summed E-state index contributed by atoms with van der Waals surface area (Å²) in [7, 11) is 3.37. The summed E-state index contributed by atoms with van der Waals surface area (Å²) in [5.41, 5.74) is 1.47. The number of nitrogens with one attached hydrogen (secondary N) is 1. The Balaban J connectivity index is 2.81. The Bertz CT molecular complexity index is 433. The maximum absolute atomic E-state index is 5.49. The average molecular weight is 344 g/mol. The van der Waals surface area contributed by atoms with Gasteiger partial charge >= 0.3 is 0 Å². The van der Waals surface area contributed by atoms with Crippen LogP contribution in [0.15, 0.2) is 16.6 Å². The minimum Gasteiger partial charge on any atom is -0.497 e. The van der Waals surface area contributed by atoms with Crippen molar-refractivity contribution in [3.63, 3.8) is 0 Å². The fourth-order valence-corrected chi connectivity index (χ4v) is 2.76. The van der Waals surface area contributed by atoms with Gasteiger partial charge in [0.05, 0.1) is 14.2 Å². The van der Waals surface area contributed by atoms with Crippen molar-refractivity contribution in [3.8, 4) is 11.5 Å². The van der Waals surface area contributed by atoms with E-state index in [1.807, 2.05) is 12.1 Å².